The first-order valence-electron chi connectivity index (χ1n) is 25.9. The van der Waals surface area contributed by atoms with Gasteiger partial charge in [-0.1, -0.05) is 68.4 Å². The van der Waals surface area contributed by atoms with Gasteiger partial charge in [0.25, 0.3) is 0 Å². The molecule has 9 nitrogen and oxygen atoms in total. The maximum absolute atomic E-state index is 14.8. The van der Waals surface area contributed by atoms with Crippen LogP contribution in [0.4, 0.5) is 0 Å². The molecule has 0 aromatic heterocycles. The molecule has 67 heavy (non-hydrogen) atoms. The van der Waals surface area contributed by atoms with E-state index in [-0.39, 0.29) is 74.0 Å². The number of aliphatic hydroxyl groups is 2. The van der Waals surface area contributed by atoms with Gasteiger partial charge in [-0.05, 0) is 189 Å². The molecule has 1 aliphatic heterocycles. The Kier molecular flexibility index (Phi) is 9.06. The topological polar surface area (TPSA) is 136 Å². The molecule has 0 saturated heterocycles. The summed E-state index contributed by atoms with van der Waals surface area (Å²) in [6, 6.07) is 2.01. The molecule has 2 N–H and O–H groups in total. The molecule has 1 aromatic carbocycles. The number of methoxy groups -OCH3 is 1. The second-order valence-corrected chi connectivity index (χ2v) is 26.7. The molecule has 16 atom stereocenters. The number of hydrogen-bond acceptors (Lipinski definition) is 9. The van der Waals surface area contributed by atoms with Gasteiger partial charge in [-0.15, -0.1) is 0 Å². The van der Waals surface area contributed by atoms with Crippen LogP contribution in [0.25, 0.3) is 0 Å². The summed E-state index contributed by atoms with van der Waals surface area (Å²) in [5, 5.41) is 24.3. The van der Waals surface area contributed by atoms with Crippen LogP contribution in [-0.4, -0.2) is 58.1 Å². The molecule has 10 aliphatic rings. The number of hydrogen-bond donors (Lipinski definition) is 2. The normalized spacial score (nSPS) is 51.3. The number of aliphatic hydroxyl groups excluding tert-OH is 1. The van der Waals surface area contributed by atoms with E-state index in [1.54, 1.807) is 6.08 Å². The third-order valence-electron chi connectivity index (χ3n) is 24.1. The van der Waals surface area contributed by atoms with Crippen LogP contribution in [0.15, 0.2) is 41.0 Å². The minimum Gasteiger partial charge on any atom is -0.471 e. The van der Waals surface area contributed by atoms with Crippen molar-refractivity contribution in [3.63, 3.8) is 0 Å². The molecular weight excluding hydrogens is 841 g/mol. The lowest BCUT2D eigenvalue weighted by Crippen LogP contribution is -2.71. The van der Waals surface area contributed by atoms with Crippen molar-refractivity contribution in [2.45, 2.75) is 189 Å². The Morgan fingerprint density at radius 3 is 2.12 bits per heavy atom. The minimum absolute atomic E-state index is 0.0223. The molecule has 362 valence electrons. The van der Waals surface area contributed by atoms with Gasteiger partial charge in [0.05, 0.1) is 12.5 Å². The summed E-state index contributed by atoms with van der Waals surface area (Å²) in [7, 11) is 1.50. The van der Waals surface area contributed by atoms with Gasteiger partial charge >= 0.3 is 11.8 Å². The smallest absolute Gasteiger partial charge is 0.317 e. The first kappa shape index (κ1) is 45.9. The fraction of sp³-hybridized carbons (Fsp3) is 0.724. The van der Waals surface area contributed by atoms with Gasteiger partial charge in [0, 0.05) is 33.4 Å². The molecule has 6 fully saturated rings. The van der Waals surface area contributed by atoms with Crippen LogP contribution in [-0.2, 0) is 24.5 Å². The zero-order chi connectivity index (χ0) is 48.5. The number of ether oxygens (including phenoxy) is 3. The Morgan fingerprint density at radius 1 is 0.761 bits per heavy atom. The largest absolute Gasteiger partial charge is 0.471 e. The Bertz CT molecular complexity index is 2600. The summed E-state index contributed by atoms with van der Waals surface area (Å²) in [6.45, 7) is 26.6. The van der Waals surface area contributed by atoms with E-state index in [0.717, 1.165) is 106 Å². The van der Waals surface area contributed by atoms with E-state index in [2.05, 4.69) is 68.4 Å². The van der Waals surface area contributed by atoms with Gasteiger partial charge in [0.1, 0.15) is 6.10 Å². The van der Waals surface area contributed by atoms with Crippen molar-refractivity contribution in [1.29, 1.82) is 0 Å². The summed E-state index contributed by atoms with van der Waals surface area (Å²) in [6.07, 6.45) is 15.9. The van der Waals surface area contributed by atoms with E-state index < -0.39 is 44.9 Å². The van der Waals surface area contributed by atoms with Crippen LogP contribution in [0.1, 0.15) is 181 Å². The highest BCUT2D eigenvalue weighted by Gasteiger charge is 2.74. The lowest BCUT2D eigenvalue weighted by Gasteiger charge is -2.72. The Morgan fingerprint density at radius 2 is 1.42 bits per heavy atom. The molecule has 1 heterocycles. The average Bonchev–Trinajstić information content (AvgIpc) is 3.27. The third-order valence-corrected chi connectivity index (χ3v) is 24.1. The van der Waals surface area contributed by atoms with Gasteiger partial charge in [-0.3, -0.25) is 19.2 Å². The van der Waals surface area contributed by atoms with Crippen molar-refractivity contribution in [3.8, 4) is 11.5 Å². The molecule has 0 unspecified atom stereocenters. The average molecular weight is 917 g/mol. The highest BCUT2D eigenvalue weighted by molar-refractivity contribution is 6.10. The third kappa shape index (κ3) is 5.05. The predicted molar refractivity (Wildman–Crippen MR) is 254 cm³/mol. The van der Waals surface area contributed by atoms with Gasteiger partial charge in [-0.25, -0.2) is 0 Å². The molecule has 6 saturated carbocycles. The zero-order valence-corrected chi connectivity index (χ0v) is 42.6. The molecule has 0 bridgehead atoms. The lowest BCUT2D eigenvalue weighted by atomic mass is 9.32. The van der Waals surface area contributed by atoms with Crippen molar-refractivity contribution in [2.75, 3.05) is 7.11 Å². The van der Waals surface area contributed by atoms with Crippen molar-refractivity contribution in [3.05, 3.63) is 57.7 Å². The molecule has 0 spiro atoms. The first-order valence-corrected chi connectivity index (χ1v) is 25.9. The molecule has 11 rings (SSSR count). The second-order valence-electron chi connectivity index (χ2n) is 26.7. The van der Waals surface area contributed by atoms with Crippen LogP contribution in [0, 0.1) is 73.9 Å². The minimum atomic E-state index is -2.37. The number of Topliss-reactive ketones (excluding diaryl/α,β-unsaturated/α-hetero) is 1. The second kappa shape index (κ2) is 13.2. The van der Waals surface area contributed by atoms with E-state index in [9.17, 15) is 29.4 Å². The Labute approximate surface area is 398 Å². The number of ketones is 3. The fourth-order valence-electron chi connectivity index (χ4n) is 19.1. The number of carbonyl (C=O) groups excluding carboxylic acids is 4. The molecule has 9 aliphatic carbocycles. The summed E-state index contributed by atoms with van der Waals surface area (Å²) in [4.78, 5) is 56.2. The highest BCUT2D eigenvalue weighted by Crippen LogP contribution is 2.78. The van der Waals surface area contributed by atoms with Crippen molar-refractivity contribution >= 4 is 23.3 Å². The van der Waals surface area contributed by atoms with E-state index >= 15 is 0 Å². The van der Waals surface area contributed by atoms with Crippen LogP contribution < -0.4 is 9.47 Å². The number of benzene rings is 1. The van der Waals surface area contributed by atoms with Crippen LogP contribution in [0.5, 0.6) is 11.5 Å². The Hall–Kier alpha value is -3.56. The van der Waals surface area contributed by atoms with Gasteiger partial charge in [-0.2, -0.15) is 0 Å². The first-order chi connectivity index (χ1) is 31.0. The van der Waals surface area contributed by atoms with Gasteiger partial charge < -0.3 is 24.4 Å². The van der Waals surface area contributed by atoms with Crippen LogP contribution >= 0.6 is 0 Å². The number of carbonyl (C=O) groups is 4. The van der Waals surface area contributed by atoms with Gasteiger partial charge in [0.2, 0.25) is 11.4 Å². The van der Waals surface area contributed by atoms with Crippen LogP contribution in [0.2, 0.25) is 0 Å². The van der Waals surface area contributed by atoms with Crippen LogP contribution in [0.3, 0.4) is 0 Å². The number of allylic oxidation sites excluding steroid dienone is 3. The number of esters is 1. The summed E-state index contributed by atoms with van der Waals surface area (Å²) < 4.78 is 19.3. The van der Waals surface area contributed by atoms with Crippen molar-refractivity contribution < 1.29 is 43.6 Å². The summed E-state index contributed by atoms with van der Waals surface area (Å²) in [5.41, 5.74) is 0.701. The maximum Gasteiger partial charge on any atom is 0.317 e. The highest BCUT2D eigenvalue weighted by atomic mass is 16.7. The quantitative estimate of drug-likeness (QED) is 0.264. The predicted octanol–water partition coefficient (Wildman–Crippen LogP) is 10.8. The monoisotopic (exact) mass is 917 g/mol. The van der Waals surface area contributed by atoms with E-state index in [1.807, 2.05) is 32.9 Å². The lowest BCUT2D eigenvalue weighted by molar-refractivity contribution is -0.238. The van der Waals surface area contributed by atoms with Gasteiger partial charge in [0.15, 0.2) is 23.1 Å². The summed E-state index contributed by atoms with van der Waals surface area (Å²) in [5.74, 6) is -2.07. The maximum atomic E-state index is 14.8. The molecular formula is C58H76O9. The van der Waals surface area contributed by atoms with E-state index in [4.69, 9.17) is 14.2 Å². The van der Waals surface area contributed by atoms with E-state index in [1.165, 1.54) is 7.11 Å². The number of fused-ring (bicyclic) bond motifs is 17. The molecule has 9 heteroatoms. The van der Waals surface area contributed by atoms with Crippen molar-refractivity contribution in [2.24, 2.45) is 67.0 Å². The standard InChI is InChI=1S/C58H76O9/c1-31-26-39-52(7,46(62)44(31)61)21-25-53(8)38-15-14-33-34(50(38,5)19-23-55(39,53)10)28-42(60)58(64)57(33,12)66-37-27-35-43(32(2)45(37)67-58)36(59)29-40-51(35,6)20-24-56(11)41-30-49(4,47(63)65-13)17-16-48(41,3)18-22-54(40,56)9/h14,27-29,31,38-39,41,46,62,64H,15-26,30H2,1-13H3/t31-,38+,39-,41-,46-,48-,49-,50+,51+,52-,53-,54-,55+,56+,57+,58-/m1/s1. The SMILES string of the molecule is COC(=O)[C@]1(C)CC[C@]2(C)CC[C@]3(C)C4=CC(=O)c5c(cc6c(c5C)O[C@]5(O)C(=O)C=C7C(=CC[C@H]8[C@@]7(C)CC[C@@]7(C)[C@@H]9C[C@@H](C)C(=O)[C@@H](O)[C@]9(C)CC[C@]87C)[C@]5(C)O6)[C@]4(C)CC[C@@]3(C)[C@@H]2C1. The molecule has 0 amide bonds. The zero-order valence-electron chi connectivity index (χ0n) is 42.6. The summed E-state index contributed by atoms with van der Waals surface area (Å²) >= 11 is 0. The Balaban J connectivity index is 0.967. The number of rotatable bonds is 1. The molecule has 1 aromatic rings. The molecule has 0 radical (unpaired) electrons. The van der Waals surface area contributed by atoms with Crippen molar-refractivity contribution in [1.82, 2.24) is 0 Å². The van der Waals surface area contributed by atoms with E-state index in [0.29, 0.717) is 16.9 Å². The fourth-order valence-corrected chi connectivity index (χ4v) is 19.1.